The molecule has 0 amide bonds. The molecule has 0 saturated heterocycles. The summed E-state index contributed by atoms with van der Waals surface area (Å²) in [6.07, 6.45) is 0. The number of carbonyl (C=O) groups is 2. The van der Waals surface area contributed by atoms with Crippen molar-refractivity contribution in [3.05, 3.63) is 9.81 Å². The minimum atomic E-state index is -1.41. The van der Waals surface area contributed by atoms with Gasteiger partial charge in [-0.15, -0.1) is 25.3 Å². The highest BCUT2D eigenvalue weighted by Crippen LogP contribution is 2.12. The highest BCUT2D eigenvalue weighted by Gasteiger charge is 2.12. The van der Waals surface area contributed by atoms with E-state index in [0.717, 1.165) is 0 Å². The first-order valence-corrected chi connectivity index (χ1v) is 2.95. The van der Waals surface area contributed by atoms with Crippen LogP contribution in [0.2, 0.25) is 0 Å². The van der Waals surface area contributed by atoms with Crippen molar-refractivity contribution in [1.82, 2.24) is 0 Å². The number of thiol groups is 2. The molecule has 0 atom stereocenters. The topological polar surface area (TPSA) is 74.6 Å². The Bertz CT molecular complexity index is 185. The number of hydrogen-bond donors (Lipinski definition) is 4. The molecule has 4 nitrogen and oxygen atoms in total. The summed E-state index contributed by atoms with van der Waals surface area (Å²) in [5, 5.41) is 16.3. The van der Waals surface area contributed by atoms with E-state index in [9.17, 15) is 9.59 Å². The summed E-state index contributed by atoms with van der Waals surface area (Å²) in [6, 6.07) is 0. The van der Waals surface area contributed by atoms with E-state index in [0.29, 0.717) is 0 Å². The second kappa shape index (κ2) is 3.52. The molecule has 0 aromatic carbocycles. The maximum absolute atomic E-state index is 10.00. The van der Waals surface area contributed by atoms with Gasteiger partial charge in [-0.1, -0.05) is 0 Å². The molecule has 0 unspecified atom stereocenters. The molecule has 0 aliphatic heterocycles. The third-order valence-corrected chi connectivity index (χ3v) is 1.64. The standard InChI is InChI=1S/C4H4O4S2/c5-3(6)1(9)2(10)4(7)8/h9-10H,(H,5,6)(H,7,8)/b2-1+. The third kappa shape index (κ3) is 2.32. The molecule has 0 radical (unpaired) electrons. The van der Waals surface area contributed by atoms with E-state index in [1.807, 2.05) is 0 Å². The molecular formula is C4H4O4S2. The molecular weight excluding hydrogens is 176 g/mol. The quantitative estimate of drug-likeness (QED) is 0.362. The first kappa shape index (κ1) is 9.38. The van der Waals surface area contributed by atoms with Crippen molar-refractivity contribution < 1.29 is 19.8 Å². The van der Waals surface area contributed by atoms with Gasteiger partial charge in [0.05, 0.1) is 0 Å². The predicted octanol–water partition coefficient (Wildman–Crippen LogP) is 0.227. The third-order valence-electron chi connectivity index (χ3n) is 0.629. The lowest BCUT2D eigenvalue weighted by molar-refractivity contribution is -0.134. The summed E-state index contributed by atoms with van der Waals surface area (Å²) in [4.78, 5) is 18.9. The molecule has 0 heterocycles. The zero-order chi connectivity index (χ0) is 8.31. The first-order chi connectivity index (χ1) is 4.46. The molecule has 0 fully saturated rings. The van der Waals surface area contributed by atoms with Crippen LogP contribution in [0.25, 0.3) is 0 Å². The number of carboxylic acid groups (broad SMARTS) is 2. The van der Waals surface area contributed by atoms with Crippen LogP contribution in [0, 0.1) is 0 Å². The Morgan fingerprint density at radius 3 is 1.20 bits per heavy atom. The van der Waals surface area contributed by atoms with Crippen molar-refractivity contribution in [3.63, 3.8) is 0 Å². The van der Waals surface area contributed by atoms with Gasteiger partial charge in [-0.2, -0.15) is 0 Å². The zero-order valence-electron chi connectivity index (χ0n) is 4.61. The highest BCUT2D eigenvalue weighted by molar-refractivity contribution is 7.90. The Kier molecular flexibility index (Phi) is 3.31. The Balaban J connectivity index is 4.67. The van der Waals surface area contributed by atoms with E-state index in [-0.39, 0.29) is 0 Å². The molecule has 10 heavy (non-hydrogen) atoms. The molecule has 0 rings (SSSR count). The Hall–Kier alpha value is -0.620. The summed E-state index contributed by atoms with van der Waals surface area (Å²) in [7, 11) is 0. The highest BCUT2D eigenvalue weighted by atomic mass is 32.1. The number of carboxylic acids is 2. The lowest BCUT2D eigenvalue weighted by Gasteiger charge is -1.93. The average molecular weight is 180 g/mol. The number of hydrogen-bond acceptors (Lipinski definition) is 4. The monoisotopic (exact) mass is 180 g/mol. The van der Waals surface area contributed by atoms with Crippen LogP contribution in [0.4, 0.5) is 0 Å². The molecule has 0 saturated carbocycles. The number of aliphatic carboxylic acids is 2. The van der Waals surface area contributed by atoms with Crippen molar-refractivity contribution in [2.75, 3.05) is 0 Å². The fourth-order valence-corrected chi connectivity index (χ4v) is 0.394. The van der Waals surface area contributed by atoms with Crippen molar-refractivity contribution in [2.45, 2.75) is 0 Å². The van der Waals surface area contributed by atoms with Crippen molar-refractivity contribution >= 4 is 37.2 Å². The summed E-state index contributed by atoms with van der Waals surface area (Å²) < 4.78 is 0. The fourth-order valence-electron chi connectivity index (χ4n) is 0.203. The molecule has 2 N–H and O–H groups in total. The van der Waals surface area contributed by atoms with E-state index in [1.165, 1.54) is 0 Å². The van der Waals surface area contributed by atoms with Crippen molar-refractivity contribution in [1.29, 1.82) is 0 Å². The molecule has 0 aromatic rings. The Morgan fingerprint density at radius 1 is 0.900 bits per heavy atom. The minimum absolute atomic E-state index is 0.573. The molecule has 56 valence electrons. The van der Waals surface area contributed by atoms with Crippen molar-refractivity contribution in [2.24, 2.45) is 0 Å². The normalized spacial score (nSPS) is 12.2. The minimum Gasteiger partial charge on any atom is -0.477 e. The van der Waals surface area contributed by atoms with Crippen LogP contribution in [-0.2, 0) is 9.59 Å². The largest absolute Gasteiger partial charge is 0.477 e. The van der Waals surface area contributed by atoms with Crippen LogP contribution in [-0.4, -0.2) is 22.2 Å². The Labute approximate surface area is 67.4 Å². The molecule has 0 aliphatic carbocycles. The average Bonchev–Trinajstić information content (AvgIpc) is 1.84. The van der Waals surface area contributed by atoms with Gasteiger partial charge in [0.15, 0.2) is 0 Å². The van der Waals surface area contributed by atoms with Crippen LogP contribution in [0.15, 0.2) is 9.81 Å². The van der Waals surface area contributed by atoms with E-state index >= 15 is 0 Å². The van der Waals surface area contributed by atoms with Gasteiger partial charge >= 0.3 is 11.9 Å². The molecule has 0 aliphatic rings. The van der Waals surface area contributed by atoms with Crippen LogP contribution in [0.1, 0.15) is 0 Å². The van der Waals surface area contributed by atoms with Gasteiger partial charge in [0.1, 0.15) is 9.81 Å². The first-order valence-electron chi connectivity index (χ1n) is 2.05. The van der Waals surface area contributed by atoms with Gasteiger partial charge in [0.2, 0.25) is 0 Å². The van der Waals surface area contributed by atoms with Crippen LogP contribution in [0.5, 0.6) is 0 Å². The molecule has 0 aromatic heterocycles. The Morgan fingerprint density at radius 2 is 1.10 bits per heavy atom. The summed E-state index contributed by atoms with van der Waals surface area (Å²) in [5.41, 5.74) is 0. The van der Waals surface area contributed by atoms with Crippen LogP contribution in [0.3, 0.4) is 0 Å². The van der Waals surface area contributed by atoms with Gasteiger partial charge in [0.25, 0.3) is 0 Å². The summed E-state index contributed by atoms with van der Waals surface area (Å²) >= 11 is 6.76. The lowest BCUT2D eigenvalue weighted by Crippen LogP contribution is -2.03. The maximum atomic E-state index is 10.00. The van der Waals surface area contributed by atoms with E-state index < -0.39 is 21.7 Å². The SMILES string of the molecule is O=C(O)/C(S)=C(\S)C(=O)O. The number of rotatable bonds is 2. The van der Waals surface area contributed by atoms with Gasteiger partial charge in [-0.3, -0.25) is 0 Å². The lowest BCUT2D eigenvalue weighted by atomic mass is 10.5. The molecule has 6 heteroatoms. The summed E-state index contributed by atoms with van der Waals surface area (Å²) in [5.74, 6) is -2.81. The van der Waals surface area contributed by atoms with Gasteiger partial charge in [-0.05, 0) is 0 Å². The maximum Gasteiger partial charge on any atom is 0.343 e. The molecule has 0 bridgehead atoms. The van der Waals surface area contributed by atoms with E-state index in [2.05, 4.69) is 25.3 Å². The fraction of sp³-hybridized carbons (Fsp3) is 0. The predicted molar refractivity (Wildman–Crippen MR) is 40.3 cm³/mol. The van der Waals surface area contributed by atoms with E-state index in [1.54, 1.807) is 0 Å². The second-order valence-corrected chi connectivity index (χ2v) is 2.20. The van der Waals surface area contributed by atoms with E-state index in [4.69, 9.17) is 10.2 Å². The zero-order valence-corrected chi connectivity index (χ0v) is 6.39. The van der Waals surface area contributed by atoms with Gasteiger partial charge < -0.3 is 10.2 Å². The summed E-state index contributed by atoms with van der Waals surface area (Å²) in [6.45, 7) is 0. The van der Waals surface area contributed by atoms with Crippen LogP contribution < -0.4 is 0 Å². The van der Waals surface area contributed by atoms with Gasteiger partial charge in [0, 0.05) is 0 Å². The smallest absolute Gasteiger partial charge is 0.343 e. The second-order valence-electron chi connectivity index (χ2n) is 1.31. The van der Waals surface area contributed by atoms with Crippen molar-refractivity contribution in [3.8, 4) is 0 Å². The molecule has 0 spiro atoms. The van der Waals surface area contributed by atoms with Gasteiger partial charge in [-0.25, -0.2) is 9.59 Å². The van der Waals surface area contributed by atoms with Crippen LogP contribution >= 0.6 is 25.3 Å².